The average Bonchev–Trinajstić information content (AvgIpc) is 2.14. The number of hydrogen-bond donors (Lipinski definition) is 2. The fourth-order valence-corrected chi connectivity index (χ4v) is 1.36. The maximum atomic E-state index is 7.02. The SMILES string of the molecule is N=C(N)CCCOC1CCOCC1. The number of rotatable bonds is 5. The van der Waals surface area contributed by atoms with E-state index in [0.29, 0.717) is 19.1 Å². The summed E-state index contributed by atoms with van der Waals surface area (Å²) in [4.78, 5) is 0. The minimum atomic E-state index is 0.246. The molecule has 1 heterocycles. The lowest BCUT2D eigenvalue weighted by Crippen LogP contribution is -2.24. The Morgan fingerprint density at radius 3 is 2.77 bits per heavy atom. The molecule has 3 N–H and O–H groups in total. The van der Waals surface area contributed by atoms with Crippen LogP contribution in [0, 0.1) is 5.41 Å². The van der Waals surface area contributed by atoms with Crippen LogP contribution >= 0.6 is 0 Å². The third kappa shape index (κ3) is 4.85. The van der Waals surface area contributed by atoms with Crippen LogP contribution in [-0.4, -0.2) is 31.8 Å². The Bertz CT molecular complexity index is 156. The van der Waals surface area contributed by atoms with Gasteiger partial charge in [0.1, 0.15) is 0 Å². The second-order valence-electron chi connectivity index (χ2n) is 3.31. The second kappa shape index (κ2) is 5.94. The minimum absolute atomic E-state index is 0.246. The van der Waals surface area contributed by atoms with Crippen molar-refractivity contribution < 1.29 is 9.47 Å². The molecule has 0 unspecified atom stereocenters. The molecular weight excluding hydrogens is 168 g/mol. The molecule has 1 fully saturated rings. The van der Waals surface area contributed by atoms with Gasteiger partial charge in [-0.2, -0.15) is 0 Å². The number of nitrogens with one attached hydrogen (secondary N) is 1. The van der Waals surface area contributed by atoms with Gasteiger partial charge in [-0.05, 0) is 19.3 Å². The fraction of sp³-hybridized carbons (Fsp3) is 0.889. The largest absolute Gasteiger partial charge is 0.388 e. The maximum Gasteiger partial charge on any atom is 0.0906 e. The smallest absolute Gasteiger partial charge is 0.0906 e. The van der Waals surface area contributed by atoms with Crippen LogP contribution in [0.5, 0.6) is 0 Å². The molecule has 0 spiro atoms. The lowest BCUT2D eigenvalue weighted by Gasteiger charge is -2.22. The van der Waals surface area contributed by atoms with Gasteiger partial charge in [-0.1, -0.05) is 0 Å². The fourth-order valence-electron chi connectivity index (χ4n) is 1.36. The Morgan fingerprint density at radius 1 is 1.46 bits per heavy atom. The molecule has 0 aromatic carbocycles. The van der Waals surface area contributed by atoms with E-state index in [1.165, 1.54) is 0 Å². The Hall–Kier alpha value is -0.610. The molecular formula is C9H18N2O2. The molecule has 0 aromatic heterocycles. The predicted molar refractivity (Wildman–Crippen MR) is 50.9 cm³/mol. The van der Waals surface area contributed by atoms with Crippen LogP contribution in [0.3, 0.4) is 0 Å². The highest BCUT2D eigenvalue weighted by Crippen LogP contribution is 2.10. The average molecular weight is 186 g/mol. The van der Waals surface area contributed by atoms with Crippen molar-refractivity contribution >= 4 is 5.84 Å². The zero-order chi connectivity index (χ0) is 9.52. The summed E-state index contributed by atoms with van der Waals surface area (Å²) < 4.78 is 10.8. The molecule has 1 aliphatic heterocycles. The molecule has 0 amide bonds. The van der Waals surface area contributed by atoms with Gasteiger partial charge in [-0.25, -0.2) is 0 Å². The zero-order valence-electron chi connectivity index (χ0n) is 7.92. The first kappa shape index (κ1) is 10.5. The lowest BCUT2D eigenvalue weighted by atomic mass is 10.1. The van der Waals surface area contributed by atoms with Crippen LogP contribution in [0.15, 0.2) is 0 Å². The quantitative estimate of drug-likeness (QED) is 0.381. The van der Waals surface area contributed by atoms with Gasteiger partial charge >= 0.3 is 0 Å². The van der Waals surface area contributed by atoms with E-state index in [-0.39, 0.29) is 5.84 Å². The second-order valence-corrected chi connectivity index (χ2v) is 3.31. The van der Waals surface area contributed by atoms with Crippen LogP contribution in [0.2, 0.25) is 0 Å². The van der Waals surface area contributed by atoms with Gasteiger partial charge in [0.15, 0.2) is 0 Å². The number of amidine groups is 1. The van der Waals surface area contributed by atoms with Crippen LogP contribution in [0.4, 0.5) is 0 Å². The van der Waals surface area contributed by atoms with Crippen molar-refractivity contribution in [3.8, 4) is 0 Å². The van der Waals surface area contributed by atoms with E-state index < -0.39 is 0 Å². The van der Waals surface area contributed by atoms with E-state index in [2.05, 4.69) is 0 Å². The third-order valence-electron chi connectivity index (χ3n) is 2.11. The van der Waals surface area contributed by atoms with Crippen molar-refractivity contribution in [3.05, 3.63) is 0 Å². The minimum Gasteiger partial charge on any atom is -0.388 e. The number of hydrogen-bond acceptors (Lipinski definition) is 3. The number of nitrogens with two attached hydrogens (primary N) is 1. The monoisotopic (exact) mass is 186 g/mol. The van der Waals surface area contributed by atoms with Crippen LogP contribution in [0.25, 0.3) is 0 Å². The lowest BCUT2D eigenvalue weighted by molar-refractivity contribution is -0.0319. The highest BCUT2D eigenvalue weighted by Gasteiger charge is 2.13. The molecule has 1 aliphatic rings. The topological polar surface area (TPSA) is 68.3 Å². The molecule has 76 valence electrons. The van der Waals surface area contributed by atoms with Crippen molar-refractivity contribution in [1.29, 1.82) is 5.41 Å². The first-order valence-electron chi connectivity index (χ1n) is 4.81. The maximum absolute atomic E-state index is 7.02. The first-order valence-corrected chi connectivity index (χ1v) is 4.81. The molecule has 4 heteroatoms. The summed E-state index contributed by atoms with van der Waals surface area (Å²) in [6.07, 6.45) is 3.86. The van der Waals surface area contributed by atoms with Crippen LogP contribution < -0.4 is 5.73 Å². The zero-order valence-corrected chi connectivity index (χ0v) is 7.92. The number of ether oxygens (including phenoxy) is 2. The molecule has 0 atom stereocenters. The van der Waals surface area contributed by atoms with Crippen molar-refractivity contribution in [1.82, 2.24) is 0 Å². The van der Waals surface area contributed by atoms with Crippen LogP contribution in [-0.2, 0) is 9.47 Å². The van der Waals surface area contributed by atoms with Gasteiger partial charge in [-0.15, -0.1) is 0 Å². The molecule has 1 saturated heterocycles. The predicted octanol–water partition coefficient (Wildman–Crippen LogP) is 0.898. The molecule has 0 radical (unpaired) electrons. The molecule has 1 rings (SSSR count). The Balaban J connectivity index is 1.95. The summed E-state index contributed by atoms with van der Waals surface area (Å²) in [6.45, 7) is 2.35. The highest BCUT2D eigenvalue weighted by molar-refractivity contribution is 5.76. The van der Waals surface area contributed by atoms with Crippen molar-refractivity contribution in [2.75, 3.05) is 19.8 Å². The normalized spacial score (nSPS) is 18.8. The van der Waals surface area contributed by atoms with Crippen molar-refractivity contribution in [2.45, 2.75) is 31.8 Å². The van der Waals surface area contributed by atoms with Crippen molar-refractivity contribution in [3.63, 3.8) is 0 Å². The van der Waals surface area contributed by atoms with Crippen molar-refractivity contribution in [2.24, 2.45) is 5.73 Å². The van der Waals surface area contributed by atoms with Gasteiger partial charge in [0, 0.05) is 26.2 Å². The van der Waals surface area contributed by atoms with Gasteiger partial charge in [-0.3, -0.25) is 5.41 Å². The summed E-state index contributed by atoms with van der Waals surface area (Å²) in [5, 5.41) is 7.02. The summed E-state index contributed by atoms with van der Waals surface area (Å²) in [6, 6.07) is 0. The standard InChI is InChI=1S/C9H18N2O2/c10-9(11)2-1-5-13-8-3-6-12-7-4-8/h8H,1-7H2,(H3,10,11). The summed E-state index contributed by atoms with van der Waals surface area (Å²) in [5.74, 6) is 0.246. The summed E-state index contributed by atoms with van der Waals surface area (Å²) >= 11 is 0. The molecule has 13 heavy (non-hydrogen) atoms. The van der Waals surface area contributed by atoms with Gasteiger partial charge in [0.2, 0.25) is 0 Å². The molecule has 0 aromatic rings. The Morgan fingerprint density at radius 2 is 2.15 bits per heavy atom. The van der Waals surface area contributed by atoms with E-state index in [0.717, 1.165) is 32.5 Å². The Kier molecular flexibility index (Phi) is 4.78. The van der Waals surface area contributed by atoms with E-state index in [9.17, 15) is 0 Å². The van der Waals surface area contributed by atoms with Crippen LogP contribution in [0.1, 0.15) is 25.7 Å². The van der Waals surface area contributed by atoms with E-state index >= 15 is 0 Å². The first-order chi connectivity index (χ1) is 6.29. The molecule has 0 bridgehead atoms. The van der Waals surface area contributed by atoms with E-state index in [4.69, 9.17) is 20.6 Å². The van der Waals surface area contributed by atoms with Gasteiger partial charge in [0.05, 0.1) is 11.9 Å². The van der Waals surface area contributed by atoms with E-state index in [1.54, 1.807) is 0 Å². The summed E-state index contributed by atoms with van der Waals surface area (Å²) in [7, 11) is 0. The van der Waals surface area contributed by atoms with Gasteiger partial charge < -0.3 is 15.2 Å². The van der Waals surface area contributed by atoms with E-state index in [1.807, 2.05) is 0 Å². The molecule has 4 nitrogen and oxygen atoms in total. The molecule has 0 aliphatic carbocycles. The van der Waals surface area contributed by atoms with Gasteiger partial charge in [0.25, 0.3) is 0 Å². The summed E-state index contributed by atoms with van der Waals surface area (Å²) in [5.41, 5.74) is 5.22. The Labute approximate surface area is 78.9 Å². The highest BCUT2D eigenvalue weighted by atomic mass is 16.5. The molecule has 0 saturated carbocycles. The third-order valence-corrected chi connectivity index (χ3v) is 2.11.